The Morgan fingerprint density at radius 1 is 1.05 bits per heavy atom. The number of pyridine rings is 1. The molecule has 0 radical (unpaired) electrons. The van der Waals surface area contributed by atoms with Crippen LogP contribution < -0.4 is 5.56 Å². The van der Waals surface area contributed by atoms with Gasteiger partial charge in [0.2, 0.25) is 0 Å². The van der Waals surface area contributed by atoms with E-state index in [0.717, 1.165) is 22.8 Å². The molecule has 0 bridgehead atoms. The Labute approximate surface area is 209 Å². The molecule has 0 spiro atoms. The fraction of sp³-hybridized carbons (Fsp3) is 0.308. The van der Waals surface area contributed by atoms with E-state index >= 15 is 0 Å². The molecule has 0 atom stereocenters. The SMILES string of the molecule is CC(C)(C)OC(=O)N1CCc2oc3cc(-n4ccc(-c5ccc(C(F)(F)F)nn5)cc4=O)ccc3c2C1. The van der Waals surface area contributed by atoms with Crippen molar-refractivity contribution < 1.29 is 27.1 Å². The van der Waals surface area contributed by atoms with Gasteiger partial charge in [-0.25, -0.2) is 4.79 Å². The van der Waals surface area contributed by atoms with Crippen LogP contribution in [0.4, 0.5) is 18.0 Å². The van der Waals surface area contributed by atoms with E-state index in [1.54, 1.807) is 23.1 Å². The van der Waals surface area contributed by atoms with Gasteiger partial charge in [-0.2, -0.15) is 13.2 Å². The van der Waals surface area contributed by atoms with E-state index in [1.807, 2.05) is 26.8 Å². The molecule has 0 saturated carbocycles. The van der Waals surface area contributed by atoms with Crippen LogP contribution in [0.5, 0.6) is 0 Å². The quantitative estimate of drug-likeness (QED) is 0.360. The topological polar surface area (TPSA) is 90.5 Å². The Balaban J connectivity index is 1.41. The molecule has 4 aromatic rings. The van der Waals surface area contributed by atoms with Crippen molar-refractivity contribution in [1.29, 1.82) is 0 Å². The molecule has 192 valence electrons. The van der Waals surface area contributed by atoms with E-state index in [0.29, 0.717) is 36.3 Å². The van der Waals surface area contributed by atoms with E-state index in [1.165, 1.54) is 22.9 Å². The Morgan fingerprint density at radius 2 is 1.84 bits per heavy atom. The molecule has 8 nitrogen and oxygen atoms in total. The Morgan fingerprint density at radius 3 is 2.49 bits per heavy atom. The molecule has 0 fully saturated rings. The van der Waals surface area contributed by atoms with Crippen LogP contribution in [0.25, 0.3) is 27.9 Å². The summed E-state index contributed by atoms with van der Waals surface area (Å²) < 4.78 is 51.2. The number of carbonyl (C=O) groups is 1. The third-order valence-electron chi connectivity index (χ3n) is 5.92. The summed E-state index contributed by atoms with van der Waals surface area (Å²) in [6.45, 7) is 6.29. The van der Waals surface area contributed by atoms with Gasteiger partial charge in [-0.3, -0.25) is 9.36 Å². The molecular weight excluding hydrogens is 489 g/mol. The zero-order valence-corrected chi connectivity index (χ0v) is 20.3. The maximum absolute atomic E-state index is 12.8. The molecule has 1 aliphatic heterocycles. The molecule has 1 aromatic carbocycles. The second kappa shape index (κ2) is 8.75. The fourth-order valence-corrected chi connectivity index (χ4v) is 4.19. The van der Waals surface area contributed by atoms with Crippen LogP contribution in [-0.4, -0.2) is 37.9 Å². The van der Waals surface area contributed by atoms with Crippen molar-refractivity contribution in [3.05, 3.63) is 76.0 Å². The summed E-state index contributed by atoms with van der Waals surface area (Å²) in [4.78, 5) is 27.0. The van der Waals surface area contributed by atoms with Crippen molar-refractivity contribution in [3.63, 3.8) is 0 Å². The highest BCUT2D eigenvalue weighted by Crippen LogP contribution is 2.33. The summed E-state index contributed by atoms with van der Waals surface area (Å²) in [5, 5.41) is 7.66. The van der Waals surface area contributed by atoms with Gasteiger partial charge in [0.05, 0.1) is 17.9 Å². The van der Waals surface area contributed by atoms with Crippen molar-refractivity contribution in [2.24, 2.45) is 0 Å². The number of aromatic nitrogens is 3. The molecule has 0 unspecified atom stereocenters. The van der Waals surface area contributed by atoms with Crippen molar-refractivity contribution in [3.8, 4) is 16.9 Å². The zero-order chi connectivity index (χ0) is 26.5. The Bertz CT molecular complexity index is 1550. The molecule has 1 amide bonds. The summed E-state index contributed by atoms with van der Waals surface area (Å²) in [6, 6.07) is 10.2. The maximum Gasteiger partial charge on any atom is 0.435 e. The van der Waals surface area contributed by atoms with Crippen molar-refractivity contribution in [1.82, 2.24) is 19.7 Å². The highest BCUT2D eigenvalue weighted by Gasteiger charge is 2.33. The zero-order valence-electron chi connectivity index (χ0n) is 20.3. The number of amides is 1. The number of ether oxygens (including phenoxy) is 1. The number of carbonyl (C=O) groups excluding carboxylic acids is 1. The predicted octanol–water partition coefficient (Wildman–Crippen LogP) is 5.35. The average Bonchev–Trinajstić information content (AvgIpc) is 3.19. The molecular formula is C26H23F3N4O4. The molecule has 0 aliphatic carbocycles. The lowest BCUT2D eigenvalue weighted by Crippen LogP contribution is -2.39. The van der Waals surface area contributed by atoms with Crippen molar-refractivity contribution in [2.45, 2.75) is 45.5 Å². The number of fused-ring (bicyclic) bond motifs is 3. The lowest BCUT2D eigenvalue weighted by atomic mass is 10.0. The van der Waals surface area contributed by atoms with Gasteiger partial charge in [0.25, 0.3) is 5.56 Å². The van der Waals surface area contributed by atoms with Gasteiger partial charge in [-0.1, -0.05) is 0 Å². The van der Waals surface area contributed by atoms with Crippen molar-refractivity contribution >= 4 is 17.1 Å². The van der Waals surface area contributed by atoms with Gasteiger partial charge in [0, 0.05) is 47.8 Å². The van der Waals surface area contributed by atoms with Crippen LogP contribution in [0.3, 0.4) is 0 Å². The van der Waals surface area contributed by atoms with Crippen LogP contribution >= 0.6 is 0 Å². The minimum atomic E-state index is -4.59. The first-order chi connectivity index (χ1) is 17.4. The van der Waals surface area contributed by atoms with Gasteiger partial charge >= 0.3 is 12.3 Å². The number of hydrogen-bond acceptors (Lipinski definition) is 6. The second-order valence-electron chi connectivity index (χ2n) is 9.76. The van der Waals surface area contributed by atoms with E-state index in [-0.39, 0.29) is 11.8 Å². The van der Waals surface area contributed by atoms with Crippen LogP contribution in [0.1, 0.15) is 37.8 Å². The number of nitrogens with zero attached hydrogens (tertiary/aromatic N) is 4. The van der Waals surface area contributed by atoms with E-state index < -0.39 is 23.0 Å². The van der Waals surface area contributed by atoms with Crippen LogP contribution in [-0.2, 0) is 23.9 Å². The summed E-state index contributed by atoms with van der Waals surface area (Å²) >= 11 is 0. The molecule has 0 N–H and O–H groups in total. The summed E-state index contributed by atoms with van der Waals surface area (Å²) in [5.41, 5.74) is 0.449. The molecule has 37 heavy (non-hydrogen) atoms. The first-order valence-electron chi connectivity index (χ1n) is 11.6. The van der Waals surface area contributed by atoms with E-state index in [9.17, 15) is 22.8 Å². The number of furan rings is 1. The van der Waals surface area contributed by atoms with Gasteiger partial charge < -0.3 is 14.1 Å². The first kappa shape index (κ1) is 24.5. The van der Waals surface area contributed by atoms with Crippen LogP contribution in [0.15, 0.2) is 57.9 Å². The standard InChI is InChI=1S/C26H23F3N4O4/c1-25(2,3)37-24(35)32-10-9-20-18(14-32)17-5-4-16(13-21(17)36-20)33-11-8-15(12-23(33)34)19-6-7-22(31-30-19)26(27,28)29/h4-8,11-13H,9-10,14H2,1-3H3. The van der Waals surface area contributed by atoms with Crippen LogP contribution in [0, 0.1) is 0 Å². The molecule has 3 aromatic heterocycles. The largest absolute Gasteiger partial charge is 0.461 e. The highest BCUT2D eigenvalue weighted by atomic mass is 19.4. The molecule has 5 rings (SSSR count). The summed E-state index contributed by atoms with van der Waals surface area (Å²) in [7, 11) is 0. The van der Waals surface area contributed by atoms with Gasteiger partial charge in [-0.05, 0) is 51.1 Å². The summed E-state index contributed by atoms with van der Waals surface area (Å²) in [6.07, 6.45) is -2.91. The first-order valence-corrected chi connectivity index (χ1v) is 11.6. The van der Waals surface area contributed by atoms with E-state index in [4.69, 9.17) is 9.15 Å². The Kier molecular flexibility index (Phi) is 5.81. The third kappa shape index (κ3) is 4.93. The summed E-state index contributed by atoms with van der Waals surface area (Å²) in [5.74, 6) is 0.788. The normalized spacial score (nSPS) is 14.1. The molecule has 11 heteroatoms. The number of halogens is 3. The van der Waals surface area contributed by atoms with Gasteiger partial charge in [-0.15, -0.1) is 10.2 Å². The molecule has 4 heterocycles. The number of alkyl halides is 3. The second-order valence-corrected chi connectivity index (χ2v) is 9.76. The number of rotatable bonds is 2. The number of benzene rings is 1. The molecule has 0 saturated heterocycles. The smallest absolute Gasteiger partial charge is 0.435 e. The van der Waals surface area contributed by atoms with Gasteiger partial charge in [0.15, 0.2) is 5.69 Å². The van der Waals surface area contributed by atoms with Crippen LogP contribution in [0.2, 0.25) is 0 Å². The lowest BCUT2D eigenvalue weighted by molar-refractivity contribution is -0.141. The fourth-order valence-electron chi connectivity index (χ4n) is 4.19. The minimum Gasteiger partial charge on any atom is -0.461 e. The molecule has 1 aliphatic rings. The lowest BCUT2D eigenvalue weighted by Gasteiger charge is -2.29. The van der Waals surface area contributed by atoms with Crippen molar-refractivity contribution in [2.75, 3.05) is 6.54 Å². The van der Waals surface area contributed by atoms with Gasteiger partial charge in [0.1, 0.15) is 16.9 Å². The average molecular weight is 512 g/mol. The number of hydrogen-bond donors (Lipinski definition) is 0. The monoisotopic (exact) mass is 512 g/mol. The maximum atomic E-state index is 12.8. The minimum absolute atomic E-state index is 0.154. The Hall–Kier alpha value is -4.15. The predicted molar refractivity (Wildman–Crippen MR) is 128 cm³/mol. The highest BCUT2D eigenvalue weighted by molar-refractivity contribution is 5.85. The van der Waals surface area contributed by atoms with E-state index in [2.05, 4.69) is 10.2 Å². The third-order valence-corrected chi connectivity index (χ3v) is 5.92.